The predicted octanol–water partition coefficient (Wildman–Crippen LogP) is 3.69. The first-order valence-corrected chi connectivity index (χ1v) is 6.51. The Balaban J connectivity index is 2.28. The van der Waals surface area contributed by atoms with Gasteiger partial charge in [0.25, 0.3) is 5.69 Å². The predicted molar refractivity (Wildman–Crippen MR) is 76.3 cm³/mol. The van der Waals surface area contributed by atoms with Gasteiger partial charge >= 0.3 is 0 Å². The molecule has 2 aromatic rings. The second kappa shape index (κ2) is 5.88. The number of carbonyl (C=O) groups is 1. The minimum absolute atomic E-state index is 0.0189. The minimum atomic E-state index is -0.456. The number of nitro benzene ring substituents is 1. The van der Waals surface area contributed by atoms with Crippen molar-refractivity contribution in [3.8, 4) is 0 Å². The number of nitro groups is 1. The number of ketones is 1. The van der Waals surface area contributed by atoms with E-state index in [-0.39, 0.29) is 11.5 Å². The summed E-state index contributed by atoms with van der Waals surface area (Å²) < 4.78 is 1.75. The van der Waals surface area contributed by atoms with Crippen molar-refractivity contribution in [2.75, 3.05) is 0 Å². The van der Waals surface area contributed by atoms with E-state index in [1.165, 1.54) is 6.07 Å². The summed E-state index contributed by atoms with van der Waals surface area (Å²) in [6.07, 6.45) is 3.87. The molecule has 2 rings (SSSR count). The van der Waals surface area contributed by atoms with E-state index in [0.717, 1.165) is 0 Å². The summed E-state index contributed by atoms with van der Waals surface area (Å²) in [6, 6.07) is 6.29. The fraction of sp³-hybridized carbons (Fsp3) is 0.214. The van der Waals surface area contributed by atoms with E-state index < -0.39 is 4.92 Å². The normalized spacial score (nSPS) is 10.5. The SMILES string of the molecule is CCC(=O)c1ccn(Cc2ccc(Cl)cc2[N+](=O)[O-])c1. The fourth-order valence-electron chi connectivity index (χ4n) is 1.95. The summed E-state index contributed by atoms with van der Waals surface area (Å²) in [5.41, 5.74) is 1.14. The molecule has 20 heavy (non-hydrogen) atoms. The molecule has 5 nitrogen and oxygen atoms in total. The van der Waals surface area contributed by atoms with Crippen LogP contribution in [0.2, 0.25) is 5.02 Å². The molecule has 0 bridgehead atoms. The van der Waals surface area contributed by atoms with Crippen molar-refractivity contribution in [1.82, 2.24) is 4.57 Å². The van der Waals surface area contributed by atoms with Crippen molar-refractivity contribution in [3.63, 3.8) is 0 Å². The second-order valence-electron chi connectivity index (χ2n) is 4.38. The third kappa shape index (κ3) is 3.05. The molecule has 0 aliphatic carbocycles. The Hall–Kier alpha value is -2.14. The van der Waals surface area contributed by atoms with Gasteiger partial charge in [0.15, 0.2) is 5.78 Å². The van der Waals surface area contributed by atoms with Crippen LogP contribution in [0.3, 0.4) is 0 Å². The van der Waals surface area contributed by atoms with Crippen LogP contribution in [0.15, 0.2) is 36.7 Å². The van der Waals surface area contributed by atoms with Gasteiger partial charge in [0.05, 0.1) is 11.5 Å². The molecule has 104 valence electrons. The molecule has 0 aliphatic rings. The van der Waals surface area contributed by atoms with Gasteiger partial charge in [-0.3, -0.25) is 14.9 Å². The van der Waals surface area contributed by atoms with E-state index in [2.05, 4.69) is 0 Å². The summed E-state index contributed by atoms with van der Waals surface area (Å²) in [5, 5.41) is 11.3. The highest BCUT2D eigenvalue weighted by Gasteiger charge is 2.15. The van der Waals surface area contributed by atoms with E-state index in [0.29, 0.717) is 29.1 Å². The molecule has 0 radical (unpaired) electrons. The average molecular weight is 293 g/mol. The lowest BCUT2D eigenvalue weighted by molar-refractivity contribution is -0.385. The molecule has 0 saturated heterocycles. The van der Waals surface area contributed by atoms with Gasteiger partial charge in [-0.25, -0.2) is 0 Å². The smallest absolute Gasteiger partial charge is 0.275 e. The van der Waals surface area contributed by atoms with Crippen molar-refractivity contribution < 1.29 is 9.72 Å². The van der Waals surface area contributed by atoms with Crippen molar-refractivity contribution in [2.45, 2.75) is 19.9 Å². The molecule has 1 heterocycles. The van der Waals surface area contributed by atoms with Crippen LogP contribution in [0.1, 0.15) is 29.3 Å². The first-order valence-electron chi connectivity index (χ1n) is 6.13. The second-order valence-corrected chi connectivity index (χ2v) is 4.82. The van der Waals surface area contributed by atoms with Gasteiger partial charge < -0.3 is 4.57 Å². The number of halogens is 1. The van der Waals surface area contributed by atoms with E-state index in [1.807, 2.05) is 0 Å². The molecule has 0 amide bonds. The molecule has 0 spiro atoms. The van der Waals surface area contributed by atoms with Crippen LogP contribution in [0.4, 0.5) is 5.69 Å². The number of hydrogen-bond acceptors (Lipinski definition) is 3. The first-order chi connectivity index (χ1) is 9.51. The molecule has 1 aromatic carbocycles. The minimum Gasteiger partial charge on any atom is -0.349 e. The standard InChI is InChI=1S/C14H13ClN2O3/c1-2-14(18)11-5-6-16(9-11)8-10-3-4-12(15)7-13(10)17(19)20/h3-7,9H,2,8H2,1H3. The summed E-state index contributed by atoms with van der Waals surface area (Å²) in [6.45, 7) is 2.12. The number of nitrogens with zero attached hydrogens (tertiary/aromatic N) is 2. The average Bonchev–Trinajstić information content (AvgIpc) is 2.88. The number of Topliss-reactive ketones (excluding diaryl/α,β-unsaturated/α-hetero) is 1. The van der Waals surface area contributed by atoms with Crippen LogP contribution < -0.4 is 0 Å². The highest BCUT2D eigenvalue weighted by molar-refractivity contribution is 6.30. The van der Waals surface area contributed by atoms with E-state index in [1.54, 1.807) is 42.1 Å². The zero-order valence-electron chi connectivity index (χ0n) is 10.9. The van der Waals surface area contributed by atoms with Crippen molar-refractivity contribution in [3.05, 3.63) is 62.9 Å². The summed E-state index contributed by atoms with van der Waals surface area (Å²) in [7, 11) is 0. The lowest BCUT2D eigenvalue weighted by Crippen LogP contribution is -2.02. The van der Waals surface area contributed by atoms with Crippen LogP contribution >= 0.6 is 11.6 Å². The van der Waals surface area contributed by atoms with Gasteiger partial charge in [0.2, 0.25) is 0 Å². The van der Waals surface area contributed by atoms with Gasteiger partial charge in [-0.1, -0.05) is 18.5 Å². The quantitative estimate of drug-likeness (QED) is 0.479. The summed E-state index contributed by atoms with van der Waals surface area (Å²) >= 11 is 5.77. The third-order valence-corrected chi connectivity index (χ3v) is 3.23. The molecule has 0 aliphatic heterocycles. The number of hydrogen-bond donors (Lipinski definition) is 0. The van der Waals surface area contributed by atoms with Crippen LogP contribution in [-0.4, -0.2) is 15.3 Å². The number of benzene rings is 1. The van der Waals surface area contributed by atoms with Gasteiger partial charge in [-0.05, 0) is 18.2 Å². The highest BCUT2D eigenvalue weighted by atomic mass is 35.5. The van der Waals surface area contributed by atoms with Crippen molar-refractivity contribution in [1.29, 1.82) is 0 Å². The molecular weight excluding hydrogens is 280 g/mol. The summed E-state index contributed by atoms with van der Waals surface area (Å²) in [4.78, 5) is 22.1. The number of carbonyl (C=O) groups excluding carboxylic acids is 1. The Morgan fingerprint density at radius 2 is 2.15 bits per heavy atom. The van der Waals surface area contributed by atoms with Crippen molar-refractivity contribution in [2.24, 2.45) is 0 Å². The van der Waals surface area contributed by atoms with Gasteiger partial charge in [0, 0.05) is 41.0 Å². The van der Waals surface area contributed by atoms with Crippen LogP contribution in [0.25, 0.3) is 0 Å². The number of aromatic nitrogens is 1. The Morgan fingerprint density at radius 3 is 2.80 bits per heavy atom. The topological polar surface area (TPSA) is 65.1 Å². The van der Waals surface area contributed by atoms with Crippen LogP contribution in [-0.2, 0) is 6.54 Å². The molecule has 0 atom stereocenters. The number of rotatable bonds is 5. The van der Waals surface area contributed by atoms with Gasteiger partial charge in [-0.2, -0.15) is 0 Å². The van der Waals surface area contributed by atoms with E-state index in [4.69, 9.17) is 11.6 Å². The largest absolute Gasteiger partial charge is 0.349 e. The molecule has 0 saturated carbocycles. The maximum Gasteiger partial charge on any atom is 0.275 e. The zero-order chi connectivity index (χ0) is 14.7. The molecule has 1 aromatic heterocycles. The highest BCUT2D eigenvalue weighted by Crippen LogP contribution is 2.24. The molecular formula is C14H13ClN2O3. The van der Waals surface area contributed by atoms with Gasteiger partial charge in [0.1, 0.15) is 0 Å². The molecule has 0 unspecified atom stereocenters. The van der Waals surface area contributed by atoms with E-state index in [9.17, 15) is 14.9 Å². The lowest BCUT2D eigenvalue weighted by Gasteiger charge is -2.05. The van der Waals surface area contributed by atoms with E-state index >= 15 is 0 Å². The Morgan fingerprint density at radius 1 is 1.40 bits per heavy atom. The first kappa shape index (κ1) is 14.3. The maximum atomic E-state index is 11.6. The monoisotopic (exact) mass is 292 g/mol. The third-order valence-electron chi connectivity index (χ3n) is 2.99. The molecule has 0 N–H and O–H groups in total. The Kier molecular flexibility index (Phi) is 4.20. The van der Waals surface area contributed by atoms with Crippen molar-refractivity contribution >= 4 is 23.1 Å². The Bertz CT molecular complexity index is 664. The van der Waals surface area contributed by atoms with Gasteiger partial charge in [-0.15, -0.1) is 0 Å². The van der Waals surface area contributed by atoms with Crippen LogP contribution in [0, 0.1) is 10.1 Å². The molecule has 0 fully saturated rings. The maximum absolute atomic E-state index is 11.6. The summed E-state index contributed by atoms with van der Waals surface area (Å²) in [5.74, 6) is 0.0503. The Labute approximate surface area is 120 Å². The molecule has 6 heteroatoms. The fourth-order valence-corrected chi connectivity index (χ4v) is 2.11. The van der Waals surface area contributed by atoms with Crippen LogP contribution in [0.5, 0.6) is 0 Å². The lowest BCUT2D eigenvalue weighted by atomic mass is 10.2. The zero-order valence-corrected chi connectivity index (χ0v) is 11.6.